The molecule has 0 amide bonds. The first-order chi connectivity index (χ1) is 14.0. The SMILES string of the molecule is Cc1cc(-c2ccc3c(c2)C(C)(C)C(F)(F)C3(C)C)ncc1B1OC(C)(C)C(C)(C)O1. The fourth-order valence-corrected chi connectivity index (χ4v) is 4.83. The van der Waals surface area contributed by atoms with Crippen molar-refractivity contribution in [2.75, 3.05) is 0 Å². The summed E-state index contributed by atoms with van der Waals surface area (Å²) in [6.45, 7) is 16.6. The van der Waals surface area contributed by atoms with Crippen molar-refractivity contribution < 1.29 is 18.1 Å². The smallest absolute Gasteiger partial charge is 0.399 e. The first kappa shape index (κ1) is 22.4. The van der Waals surface area contributed by atoms with Gasteiger partial charge in [-0.05, 0) is 91.1 Å². The lowest BCUT2D eigenvalue weighted by molar-refractivity contribution is -0.105. The maximum Gasteiger partial charge on any atom is 0.496 e. The van der Waals surface area contributed by atoms with Crippen molar-refractivity contribution >= 4 is 12.6 Å². The summed E-state index contributed by atoms with van der Waals surface area (Å²) < 4.78 is 42.7. The third-order valence-corrected chi connectivity index (χ3v) is 7.89. The highest BCUT2D eigenvalue weighted by Crippen LogP contribution is 2.59. The second-order valence-corrected chi connectivity index (χ2v) is 11.1. The Morgan fingerprint density at radius 3 is 1.90 bits per heavy atom. The molecule has 1 fully saturated rings. The van der Waals surface area contributed by atoms with Crippen molar-refractivity contribution in [3.05, 3.63) is 47.2 Å². The summed E-state index contributed by atoms with van der Waals surface area (Å²) >= 11 is 0. The van der Waals surface area contributed by atoms with Crippen molar-refractivity contribution in [3.8, 4) is 11.3 Å². The zero-order valence-electron chi connectivity index (χ0n) is 20.0. The predicted molar refractivity (Wildman–Crippen MR) is 121 cm³/mol. The fraction of sp³-hybridized carbons (Fsp3) is 0.560. The standard InChI is InChI=1S/C25H32BF2NO2/c1-15-12-20(29-14-19(15)26-30-23(6,7)24(8,9)31-26)16-10-11-17-18(13-16)22(4,5)25(27,28)21(17,2)3/h10-14H,1-9H3. The van der Waals surface area contributed by atoms with Crippen LogP contribution in [0.25, 0.3) is 11.3 Å². The molecule has 0 spiro atoms. The van der Waals surface area contributed by atoms with Crippen LogP contribution in [-0.4, -0.2) is 29.2 Å². The maximum atomic E-state index is 15.2. The lowest BCUT2D eigenvalue weighted by atomic mass is 9.77. The van der Waals surface area contributed by atoms with Gasteiger partial charge >= 0.3 is 7.12 Å². The predicted octanol–water partition coefficient (Wildman–Crippen LogP) is 5.56. The van der Waals surface area contributed by atoms with E-state index in [1.165, 1.54) is 0 Å². The van der Waals surface area contributed by atoms with E-state index >= 15 is 8.78 Å². The molecule has 1 aromatic heterocycles. The Kier molecular flexibility index (Phi) is 4.61. The van der Waals surface area contributed by atoms with Gasteiger partial charge in [0.15, 0.2) is 0 Å². The number of hydrogen-bond donors (Lipinski definition) is 0. The van der Waals surface area contributed by atoms with E-state index in [1.54, 1.807) is 33.9 Å². The van der Waals surface area contributed by atoms with Crippen LogP contribution in [0.4, 0.5) is 8.78 Å². The van der Waals surface area contributed by atoms with Gasteiger partial charge in [-0.2, -0.15) is 0 Å². The minimum absolute atomic E-state index is 0.424. The van der Waals surface area contributed by atoms with Crippen LogP contribution in [0.3, 0.4) is 0 Å². The molecule has 1 aliphatic carbocycles. The summed E-state index contributed by atoms with van der Waals surface area (Å²) in [5.41, 5.74) is 1.55. The quantitative estimate of drug-likeness (QED) is 0.588. The van der Waals surface area contributed by atoms with Crippen LogP contribution in [0.15, 0.2) is 30.5 Å². The van der Waals surface area contributed by atoms with E-state index < -0.39 is 35.1 Å². The Bertz CT molecular complexity index is 1040. The molecule has 166 valence electrons. The first-order valence-corrected chi connectivity index (χ1v) is 10.9. The lowest BCUT2D eigenvalue weighted by Crippen LogP contribution is -2.46. The topological polar surface area (TPSA) is 31.4 Å². The molecule has 1 aliphatic heterocycles. The number of benzene rings is 1. The van der Waals surface area contributed by atoms with Crippen molar-refractivity contribution in [2.45, 2.75) is 90.3 Å². The Morgan fingerprint density at radius 1 is 0.806 bits per heavy atom. The molecule has 1 saturated heterocycles. The van der Waals surface area contributed by atoms with E-state index in [-0.39, 0.29) is 0 Å². The second kappa shape index (κ2) is 6.38. The van der Waals surface area contributed by atoms with E-state index in [0.29, 0.717) is 11.1 Å². The van der Waals surface area contributed by atoms with Crippen molar-refractivity contribution in [1.82, 2.24) is 4.98 Å². The molecule has 2 aromatic rings. The van der Waals surface area contributed by atoms with Crippen LogP contribution in [0, 0.1) is 6.92 Å². The van der Waals surface area contributed by atoms with Gasteiger partial charge in [0, 0.05) is 17.2 Å². The molecule has 31 heavy (non-hydrogen) atoms. The van der Waals surface area contributed by atoms with Gasteiger partial charge in [0.25, 0.3) is 5.92 Å². The highest BCUT2D eigenvalue weighted by Gasteiger charge is 2.65. The Morgan fingerprint density at radius 2 is 1.35 bits per heavy atom. The summed E-state index contributed by atoms with van der Waals surface area (Å²) in [5, 5.41) is 0. The van der Waals surface area contributed by atoms with Crippen LogP contribution in [0.1, 0.15) is 72.1 Å². The number of rotatable bonds is 2. The van der Waals surface area contributed by atoms with Gasteiger partial charge in [0.1, 0.15) is 0 Å². The number of nitrogens with zero attached hydrogens (tertiary/aromatic N) is 1. The molecule has 0 saturated carbocycles. The molecule has 0 N–H and O–H groups in total. The highest BCUT2D eigenvalue weighted by atomic mass is 19.3. The number of aromatic nitrogens is 1. The molecule has 6 heteroatoms. The lowest BCUT2D eigenvalue weighted by Gasteiger charge is -2.35. The van der Waals surface area contributed by atoms with Crippen molar-refractivity contribution in [1.29, 1.82) is 0 Å². The summed E-state index contributed by atoms with van der Waals surface area (Å²) in [4.78, 5) is 4.65. The van der Waals surface area contributed by atoms with Crippen LogP contribution < -0.4 is 5.46 Å². The molecule has 0 radical (unpaired) electrons. The Labute approximate surface area is 184 Å². The molecular formula is C25H32BF2NO2. The number of hydrogen-bond acceptors (Lipinski definition) is 3. The van der Waals surface area contributed by atoms with Crippen LogP contribution in [0.5, 0.6) is 0 Å². The number of halogens is 2. The minimum atomic E-state index is -2.84. The van der Waals surface area contributed by atoms with Crippen molar-refractivity contribution in [3.63, 3.8) is 0 Å². The van der Waals surface area contributed by atoms with E-state index in [2.05, 4.69) is 4.98 Å². The summed E-state index contributed by atoms with van der Waals surface area (Å²) in [6, 6.07) is 7.60. The van der Waals surface area contributed by atoms with Crippen LogP contribution in [0.2, 0.25) is 0 Å². The van der Waals surface area contributed by atoms with E-state index in [1.807, 2.05) is 58.9 Å². The molecule has 0 atom stereocenters. The van der Waals surface area contributed by atoms with Gasteiger partial charge in [0.05, 0.1) is 27.7 Å². The number of pyridine rings is 1. The molecular weight excluding hydrogens is 395 g/mol. The molecule has 4 rings (SSSR count). The third kappa shape index (κ3) is 2.94. The number of fused-ring (bicyclic) bond motifs is 1. The zero-order valence-corrected chi connectivity index (χ0v) is 20.0. The normalized spacial score (nSPS) is 24.3. The van der Waals surface area contributed by atoms with Gasteiger partial charge in [-0.3, -0.25) is 4.98 Å². The largest absolute Gasteiger partial charge is 0.496 e. The minimum Gasteiger partial charge on any atom is -0.399 e. The third-order valence-electron chi connectivity index (χ3n) is 7.89. The van der Waals surface area contributed by atoms with Gasteiger partial charge in [-0.15, -0.1) is 0 Å². The fourth-order valence-electron chi connectivity index (χ4n) is 4.83. The highest BCUT2D eigenvalue weighted by molar-refractivity contribution is 6.62. The van der Waals surface area contributed by atoms with Gasteiger partial charge in [-0.25, -0.2) is 8.78 Å². The monoisotopic (exact) mass is 427 g/mol. The second-order valence-electron chi connectivity index (χ2n) is 11.1. The Hall–Kier alpha value is -1.79. The van der Waals surface area contributed by atoms with E-state index in [4.69, 9.17) is 9.31 Å². The van der Waals surface area contributed by atoms with Crippen LogP contribution >= 0.6 is 0 Å². The first-order valence-electron chi connectivity index (χ1n) is 10.9. The van der Waals surface area contributed by atoms with E-state index in [0.717, 1.165) is 22.3 Å². The number of alkyl halides is 2. The number of aryl methyl sites for hydroxylation is 1. The summed E-state index contributed by atoms with van der Waals surface area (Å²) in [5.74, 6) is -2.84. The maximum absolute atomic E-state index is 15.2. The summed E-state index contributed by atoms with van der Waals surface area (Å²) in [7, 11) is -0.481. The zero-order chi connectivity index (χ0) is 23.2. The molecule has 1 aromatic carbocycles. The van der Waals surface area contributed by atoms with E-state index in [9.17, 15) is 0 Å². The summed E-state index contributed by atoms with van der Waals surface area (Å²) in [6.07, 6.45) is 1.78. The molecule has 2 aliphatic rings. The van der Waals surface area contributed by atoms with Crippen molar-refractivity contribution in [2.24, 2.45) is 0 Å². The Balaban J connectivity index is 1.72. The van der Waals surface area contributed by atoms with Gasteiger partial charge in [-0.1, -0.05) is 12.1 Å². The average Bonchev–Trinajstić information content (AvgIpc) is 2.92. The molecule has 0 bridgehead atoms. The van der Waals surface area contributed by atoms with Crippen LogP contribution in [-0.2, 0) is 20.1 Å². The molecule has 2 heterocycles. The average molecular weight is 427 g/mol. The molecule has 0 unspecified atom stereocenters. The van der Waals surface area contributed by atoms with Gasteiger partial charge < -0.3 is 9.31 Å². The molecule has 3 nitrogen and oxygen atoms in total. The van der Waals surface area contributed by atoms with Gasteiger partial charge in [0.2, 0.25) is 0 Å².